The van der Waals surface area contributed by atoms with E-state index in [1.54, 1.807) is 6.33 Å². The minimum Gasteiger partial charge on any atom is -0.345 e. The summed E-state index contributed by atoms with van der Waals surface area (Å²) in [6, 6.07) is 8.80. The van der Waals surface area contributed by atoms with Crippen molar-refractivity contribution >= 4 is 11.0 Å². The molecule has 1 saturated carbocycles. The second kappa shape index (κ2) is 4.11. The third kappa shape index (κ3) is 1.52. The molecule has 0 radical (unpaired) electrons. The summed E-state index contributed by atoms with van der Waals surface area (Å²) in [5.41, 5.74) is 2.92. The lowest BCUT2D eigenvalue weighted by molar-refractivity contribution is 0.149. The van der Waals surface area contributed by atoms with E-state index in [4.69, 9.17) is 0 Å². The molecule has 1 atom stereocenters. The number of H-pyrrole nitrogens is 1. The first-order valence-electron chi connectivity index (χ1n) is 6.31. The Morgan fingerprint density at radius 1 is 1.50 bits per heavy atom. The SMILES string of the molecule is CNC(c1ccc2nc[nH]c2c1)C1(C#N)CCC1. The lowest BCUT2D eigenvalue weighted by Crippen LogP contribution is -2.40. The fourth-order valence-corrected chi connectivity index (χ4v) is 2.92. The predicted molar refractivity (Wildman–Crippen MR) is 69.8 cm³/mol. The number of aromatic nitrogens is 2. The van der Waals surface area contributed by atoms with Gasteiger partial charge in [0.1, 0.15) is 0 Å². The van der Waals surface area contributed by atoms with Crippen LogP contribution in [0.2, 0.25) is 0 Å². The van der Waals surface area contributed by atoms with E-state index in [2.05, 4.69) is 33.5 Å². The highest BCUT2D eigenvalue weighted by molar-refractivity contribution is 5.75. The number of hydrogen-bond acceptors (Lipinski definition) is 3. The first-order chi connectivity index (χ1) is 8.79. The summed E-state index contributed by atoms with van der Waals surface area (Å²) >= 11 is 0. The van der Waals surface area contributed by atoms with Gasteiger partial charge in [-0.3, -0.25) is 0 Å². The monoisotopic (exact) mass is 240 g/mol. The van der Waals surface area contributed by atoms with Gasteiger partial charge < -0.3 is 10.3 Å². The maximum absolute atomic E-state index is 9.46. The molecule has 92 valence electrons. The summed E-state index contributed by atoms with van der Waals surface area (Å²) in [5.74, 6) is 0. The number of nitriles is 1. The Balaban J connectivity index is 2.03. The average molecular weight is 240 g/mol. The van der Waals surface area contributed by atoms with Crippen molar-refractivity contribution in [1.82, 2.24) is 15.3 Å². The largest absolute Gasteiger partial charge is 0.345 e. The fourth-order valence-electron chi connectivity index (χ4n) is 2.92. The highest BCUT2D eigenvalue weighted by atomic mass is 14.9. The summed E-state index contributed by atoms with van der Waals surface area (Å²) in [6.07, 6.45) is 4.82. The van der Waals surface area contributed by atoms with Gasteiger partial charge in [0.05, 0.1) is 34.9 Å². The van der Waals surface area contributed by atoms with Crippen LogP contribution in [0.3, 0.4) is 0 Å². The summed E-state index contributed by atoms with van der Waals surface area (Å²) in [7, 11) is 1.93. The zero-order valence-corrected chi connectivity index (χ0v) is 10.4. The second-order valence-electron chi connectivity index (χ2n) is 5.02. The molecular formula is C14H16N4. The predicted octanol–water partition coefficient (Wildman–Crippen LogP) is 2.52. The lowest BCUT2D eigenvalue weighted by atomic mass is 9.63. The van der Waals surface area contributed by atoms with Crippen molar-refractivity contribution in [1.29, 1.82) is 5.26 Å². The molecule has 1 aromatic heterocycles. The van der Waals surface area contributed by atoms with Crippen LogP contribution in [0.5, 0.6) is 0 Å². The normalized spacial score (nSPS) is 19.1. The van der Waals surface area contributed by atoms with Gasteiger partial charge in [0.15, 0.2) is 0 Å². The number of nitrogens with zero attached hydrogens (tertiary/aromatic N) is 2. The van der Waals surface area contributed by atoms with Crippen LogP contribution in [0.1, 0.15) is 30.9 Å². The molecule has 0 amide bonds. The zero-order valence-electron chi connectivity index (χ0n) is 10.4. The first-order valence-corrected chi connectivity index (χ1v) is 6.31. The Labute approximate surface area is 106 Å². The molecule has 1 fully saturated rings. The smallest absolute Gasteiger partial charge is 0.0931 e. The minimum absolute atomic E-state index is 0.101. The third-order valence-corrected chi connectivity index (χ3v) is 4.09. The van der Waals surface area contributed by atoms with E-state index >= 15 is 0 Å². The molecule has 1 unspecified atom stereocenters. The molecule has 1 aromatic carbocycles. The Hall–Kier alpha value is -1.86. The third-order valence-electron chi connectivity index (χ3n) is 4.09. The molecule has 18 heavy (non-hydrogen) atoms. The van der Waals surface area contributed by atoms with E-state index in [-0.39, 0.29) is 11.5 Å². The summed E-state index contributed by atoms with van der Waals surface area (Å²) in [5, 5.41) is 12.8. The van der Waals surface area contributed by atoms with Crippen molar-refractivity contribution in [2.45, 2.75) is 25.3 Å². The summed E-state index contributed by atoms with van der Waals surface area (Å²) < 4.78 is 0. The Kier molecular flexibility index (Phi) is 2.57. The Bertz CT molecular complexity index is 604. The fraction of sp³-hybridized carbons (Fsp3) is 0.429. The maximum atomic E-state index is 9.46. The first kappa shape index (κ1) is 11.2. The second-order valence-corrected chi connectivity index (χ2v) is 5.02. The summed E-state index contributed by atoms with van der Waals surface area (Å²) in [6.45, 7) is 0. The van der Waals surface area contributed by atoms with Crippen LogP contribution >= 0.6 is 0 Å². The van der Waals surface area contributed by atoms with Crippen LogP contribution in [0.25, 0.3) is 11.0 Å². The van der Waals surface area contributed by atoms with Crippen LogP contribution < -0.4 is 5.32 Å². The molecule has 1 aliphatic rings. The van der Waals surface area contributed by atoms with Crippen molar-refractivity contribution < 1.29 is 0 Å². The van der Waals surface area contributed by atoms with E-state index in [0.29, 0.717) is 0 Å². The molecular weight excluding hydrogens is 224 g/mol. The van der Waals surface area contributed by atoms with Gasteiger partial charge in [0.2, 0.25) is 0 Å². The molecule has 2 aromatic rings. The highest BCUT2D eigenvalue weighted by Crippen LogP contribution is 2.49. The average Bonchev–Trinajstić information content (AvgIpc) is 2.80. The van der Waals surface area contributed by atoms with Crippen LogP contribution in [0.4, 0.5) is 0 Å². The van der Waals surface area contributed by atoms with Gasteiger partial charge in [0.25, 0.3) is 0 Å². The number of nitrogens with one attached hydrogen (secondary N) is 2. The van der Waals surface area contributed by atoms with E-state index < -0.39 is 0 Å². The molecule has 4 heteroatoms. The number of aromatic amines is 1. The molecule has 2 N–H and O–H groups in total. The number of imidazole rings is 1. The van der Waals surface area contributed by atoms with Gasteiger partial charge in [0, 0.05) is 0 Å². The molecule has 0 spiro atoms. The van der Waals surface area contributed by atoms with Crippen molar-refractivity contribution in [2.75, 3.05) is 7.05 Å². The molecule has 0 bridgehead atoms. The van der Waals surface area contributed by atoms with Gasteiger partial charge in [-0.05, 0) is 37.6 Å². The van der Waals surface area contributed by atoms with Gasteiger partial charge in [-0.1, -0.05) is 12.5 Å². The standard InChI is InChI=1S/C14H16N4/c1-16-13(14(8-15)5-2-6-14)10-3-4-11-12(7-10)18-9-17-11/h3-4,7,9,13,16H,2,5-6H2,1H3,(H,17,18). The van der Waals surface area contributed by atoms with E-state index in [9.17, 15) is 5.26 Å². The van der Waals surface area contributed by atoms with Crippen molar-refractivity contribution in [2.24, 2.45) is 5.41 Å². The maximum Gasteiger partial charge on any atom is 0.0931 e. The molecule has 0 aliphatic heterocycles. The minimum atomic E-state index is -0.234. The van der Waals surface area contributed by atoms with Gasteiger partial charge in [-0.2, -0.15) is 5.26 Å². The quantitative estimate of drug-likeness (QED) is 0.866. The van der Waals surface area contributed by atoms with Gasteiger partial charge in [-0.15, -0.1) is 0 Å². The highest BCUT2D eigenvalue weighted by Gasteiger charge is 2.44. The molecule has 0 saturated heterocycles. The van der Waals surface area contributed by atoms with Crippen LogP contribution in [0, 0.1) is 16.7 Å². The van der Waals surface area contributed by atoms with E-state index in [0.717, 1.165) is 35.9 Å². The van der Waals surface area contributed by atoms with Crippen LogP contribution in [0.15, 0.2) is 24.5 Å². The van der Waals surface area contributed by atoms with Crippen LogP contribution in [-0.4, -0.2) is 17.0 Å². The van der Waals surface area contributed by atoms with Gasteiger partial charge in [-0.25, -0.2) is 4.98 Å². The van der Waals surface area contributed by atoms with Gasteiger partial charge >= 0.3 is 0 Å². The molecule has 4 nitrogen and oxygen atoms in total. The van der Waals surface area contributed by atoms with Crippen molar-refractivity contribution in [3.05, 3.63) is 30.1 Å². The van der Waals surface area contributed by atoms with Crippen LogP contribution in [-0.2, 0) is 0 Å². The lowest BCUT2D eigenvalue weighted by Gasteiger charge is -2.42. The topological polar surface area (TPSA) is 64.5 Å². The van der Waals surface area contributed by atoms with Crippen molar-refractivity contribution in [3.8, 4) is 6.07 Å². The van der Waals surface area contributed by atoms with E-state index in [1.165, 1.54) is 0 Å². The molecule has 1 aliphatic carbocycles. The summed E-state index contributed by atoms with van der Waals surface area (Å²) in [4.78, 5) is 7.34. The number of rotatable bonds is 3. The number of fused-ring (bicyclic) bond motifs is 1. The van der Waals surface area contributed by atoms with E-state index in [1.807, 2.05) is 13.1 Å². The Morgan fingerprint density at radius 2 is 2.33 bits per heavy atom. The number of benzene rings is 1. The Morgan fingerprint density at radius 3 is 2.94 bits per heavy atom. The number of hydrogen-bond donors (Lipinski definition) is 2. The zero-order chi connectivity index (χ0) is 12.6. The van der Waals surface area contributed by atoms with Crippen molar-refractivity contribution in [3.63, 3.8) is 0 Å². The molecule has 3 rings (SSSR count). The molecule has 1 heterocycles.